The maximum Gasteiger partial charge on any atom is 0.319 e. The van der Waals surface area contributed by atoms with Crippen LogP contribution in [0.5, 0.6) is 0 Å². The van der Waals surface area contributed by atoms with E-state index in [2.05, 4.69) is 22.9 Å². The summed E-state index contributed by atoms with van der Waals surface area (Å²) >= 11 is 0. The van der Waals surface area contributed by atoms with Crippen LogP contribution < -0.4 is 16.0 Å². The van der Waals surface area contributed by atoms with Crippen LogP contribution in [0.1, 0.15) is 38.2 Å². The zero-order valence-corrected chi connectivity index (χ0v) is 14.2. The number of hydrogen-bond acceptors (Lipinski definition) is 2. The van der Waals surface area contributed by atoms with Crippen molar-refractivity contribution in [3.63, 3.8) is 0 Å². The van der Waals surface area contributed by atoms with E-state index in [1.807, 2.05) is 24.3 Å². The van der Waals surface area contributed by atoms with E-state index in [0.29, 0.717) is 25.6 Å². The molecule has 0 unspecified atom stereocenters. The lowest BCUT2D eigenvalue weighted by Gasteiger charge is -2.27. The Kier molecular flexibility index (Phi) is 5.23. The summed E-state index contributed by atoms with van der Waals surface area (Å²) in [5.74, 6) is 0.671. The van der Waals surface area contributed by atoms with E-state index in [1.165, 1.54) is 12.8 Å². The summed E-state index contributed by atoms with van der Waals surface area (Å²) in [4.78, 5) is 25.8. The quantitative estimate of drug-likeness (QED) is 0.794. The Labute approximate surface area is 143 Å². The number of carbonyl (C=O) groups is 2. The van der Waals surface area contributed by atoms with E-state index in [9.17, 15) is 9.59 Å². The molecule has 4 amide bonds. The van der Waals surface area contributed by atoms with Crippen molar-refractivity contribution in [3.8, 4) is 0 Å². The van der Waals surface area contributed by atoms with Gasteiger partial charge >= 0.3 is 12.1 Å². The molecule has 6 heteroatoms. The second kappa shape index (κ2) is 7.55. The minimum atomic E-state index is -0.160. The lowest BCUT2D eigenvalue weighted by molar-refractivity contribution is 0.215. The first-order chi connectivity index (χ1) is 11.6. The predicted molar refractivity (Wildman–Crippen MR) is 93.8 cm³/mol. The molecule has 3 rings (SSSR count). The molecule has 1 heterocycles. The topological polar surface area (TPSA) is 73.5 Å². The highest BCUT2D eigenvalue weighted by Gasteiger charge is 2.22. The van der Waals surface area contributed by atoms with E-state index in [0.717, 1.165) is 24.1 Å². The molecular formula is C18H26N4O2. The number of nitrogens with zero attached hydrogens (tertiary/aromatic N) is 1. The van der Waals surface area contributed by atoms with Crippen molar-refractivity contribution < 1.29 is 9.59 Å². The van der Waals surface area contributed by atoms with Gasteiger partial charge in [-0.3, -0.25) is 0 Å². The molecule has 0 spiro atoms. The number of carbonyl (C=O) groups excluding carboxylic acids is 2. The predicted octanol–water partition coefficient (Wildman–Crippen LogP) is 2.91. The van der Waals surface area contributed by atoms with Crippen LogP contribution in [0.2, 0.25) is 0 Å². The number of hydrogen-bond donors (Lipinski definition) is 3. The van der Waals surface area contributed by atoms with Gasteiger partial charge in [0.25, 0.3) is 0 Å². The first-order valence-corrected chi connectivity index (χ1v) is 8.80. The SMILES string of the molecule is C[C@H]1CCC[C@H](NC(=O)Nc2ccccc2CN2CCNC2=O)C1. The van der Waals surface area contributed by atoms with Crippen molar-refractivity contribution in [3.05, 3.63) is 29.8 Å². The van der Waals surface area contributed by atoms with Gasteiger partial charge in [-0.05, 0) is 30.4 Å². The number of rotatable bonds is 4. The van der Waals surface area contributed by atoms with Crippen molar-refractivity contribution in [2.45, 2.75) is 45.2 Å². The lowest BCUT2D eigenvalue weighted by Crippen LogP contribution is -2.40. The summed E-state index contributed by atoms with van der Waals surface area (Å²) < 4.78 is 0. The van der Waals surface area contributed by atoms with Crippen molar-refractivity contribution in [2.24, 2.45) is 5.92 Å². The van der Waals surface area contributed by atoms with Gasteiger partial charge in [-0.25, -0.2) is 9.59 Å². The third-order valence-electron chi connectivity index (χ3n) is 4.84. The number of urea groups is 2. The number of para-hydroxylation sites is 1. The van der Waals surface area contributed by atoms with Gasteiger partial charge in [-0.15, -0.1) is 0 Å². The molecule has 2 atom stereocenters. The average molecular weight is 330 g/mol. The Morgan fingerprint density at radius 3 is 2.92 bits per heavy atom. The molecule has 6 nitrogen and oxygen atoms in total. The average Bonchev–Trinajstić information content (AvgIpc) is 2.94. The van der Waals surface area contributed by atoms with Gasteiger partial charge in [0.1, 0.15) is 0 Å². The molecule has 3 N–H and O–H groups in total. The van der Waals surface area contributed by atoms with Crippen LogP contribution in [0, 0.1) is 5.92 Å². The third kappa shape index (κ3) is 4.19. The molecule has 130 valence electrons. The molecule has 1 aromatic carbocycles. The second-order valence-corrected chi connectivity index (χ2v) is 6.88. The van der Waals surface area contributed by atoms with Crippen molar-refractivity contribution in [1.82, 2.24) is 15.5 Å². The van der Waals surface area contributed by atoms with Crippen LogP contribution in [-0.2, 0) is 6.54 Å². The van der Waals surface area contributed by atoms with Crippen LogP contribution in [-0.4, -0.2) is 36.1 Å². The summed E-state index contributed by atoms with van der Waals surface area (Å²) in [7, 11) is 0. The van der Waals surface area contributed by atoms with E-state index < -0.39 is 0 Å². The van der Waals surface area contributed by atoms with Gasteiger partial charge < -0.3 is 20.9 Å². The fraction of sp³-hybridized carbons (Fsp3) is 0.556. The zero-order chi connectivity index (χ0) is 16.9. The molecule has 1 saturated carbocycles. The monoisotopic (exact) mass is 330 g/mol. The van der Waals surface area contributed by atoms with E-state index >= 15 is 0 Å². The van der Waals surface area contributed by atoms with Crippen LogP contribution >= 0.6 is 0 Å². The largest absolute Gasteiger partial charge is 0.336 e. The van der Waals surface area contributed by atoms with Gasteiger partial charge in [0, 0.05) is 31.4 Å². The fourth-order valence-electron chi connectivity index (χ4n) is 3.56. The van der Waals surface area contributed by atoms with Gasteiger partial charge in [0.15, 0.2) is 0 Å². The number of anilines is 1. The Balaban J connectivity index is 1.60. The standard InChI is InChI=1S/C18H26N4O2/c1-13-5-4-7-15(11-13)20-17(23)21-16-8-3-2-6-14(16)12-22-10-9-19-18(22)24/h2-3,6,8,13,15H,4-5,7,9-12H2,1H3,(H,19,24)(H2,20,21,23)/t13-,15-/m0/s1. The molecule has 24 heavy (non-hydrogen) atoms. The highest BCUT2D eigenvalue weighted by Crippen LogP contribution is 2.24. The number of amides is 4. The van der Waals surface area contributed by atoms with Crippen LogP contribution in [0.15, 0.2) is 24.3 Å². The molecule has 0 aromatic heterocycles. The summed E-state index contributed by atoms with van der Waals surface area (Å²) in [6, 6.07) is 7.69. The van der Waals surface area contributed by atoms with Gasteiger partial charge in [-0.1, -0.05) is 38.0 Å². The molecule has 1 aliphatic heterocycles. The Morgan fingerprint density at radius 1 is 1.33 bits per heavy atom. The Bertz CT molecular complexity index is 604. The molecule has 1 aliphatic carbocycles. The minimum absolute atomic E-state index is 0.0505. The summed E-state index contributed by atoms with van der Waals surface area (Å²) in [6.45, 7) is 4.11. The molecule has 0 bridgehead atoms. The number of nitrogens with one attached hydrogen (secondary N) is 3. The molecule has 1 aromatic rings. The summed E-state index contributed by atoms with van der Waals surface area (Å²) in [6.07, 6.45) is 4.52. The fourth-order valence-corrected chi connectivity index (χ4v) is 3.56. The lowest BCUT2D eigenvalue weighted by atomic mass is 9.87. The molecule has 2 aliphatic rings. The number of benzene rings is 1. The first-order valence-electron chi connectivity index (χ1n) is 8.80. The first kappa shape index (κ1) is 16.6. The van der Waals surface area contributed by atoms with Gasteiger partial charge in [-0.2, -0.15) is 0 Å². The highest BCUT2D eigenvalue weighted by atomic mass is 16.2. The Morgan fingerprint density at radius 2 is 2.17 bits per heavy atom. The van der Waals surface area contributed by atoms with Crippen LogP contribution in [0.4, 0.5) is 15.3 Å². The zero-order valence-electron chi connectivity index (χ0n) is 14.2. The smallest absolute Gasteiger partial charge is 0.319 e. The normalized spacial score (nSPS) is 23.7. The van der Waals surface area contributed by atoms with Gasteiger partial charge in [0.2, 0.25) is 0 Å². The summed E-state index contributed by atoms with van der Waals surface area (Å²) in [5, 5.41) is 8.83. The molecule has 0 radical (unpaired) electrons. The second-order valence-electron chi connectivity index (χ2n) is 6.88. The van der Waals surface area contributed by atoms with Crippen molar-refractivity contribution in [1.29, 1.82) is 0 Å². The summed E-state index contributed by atoms with van der Waals surface area (Å²) in [5.41, 5.74) is 1.71. The Hall–Kier alpha value is -2.24. The van der Waals surface area contributed by atoms with Crippen molar-refractivity contribution >= 4 is 17.7 Å². The van der Waals surface area contributed by atoms with Crippen LogP contribution in [0.25, 0.3) is 0 Å². The van der Waals surface area contributed by atoms with Crippen molar-refractivity contribution in [2.75, 3.05) is 18.4 Å². The van der Waals surface area contributed by atoms with E-state index in [1.54, 1.807) is 4.90 Å². The van der Waals surface area contributed by atoms with Gasteiger partial charge in [0.05, 0.1) is 0 Å². The highest BCUT2D eigenvalue weighted by molar-refractivity contribution is 5.90. The maximum absolute atomic E-state index is 12.3. The molecule has 1 saturated heterocycles. The van der Waals surface area contributed by atoms with E-state index in [-0.39, 0.29) is 18.1 Å². The molecular weight excluding hydrogens is 304 g/mol. The molecule has 2 fully saturated rings. The maximum atomic E-state index is 12.3. The minimum Gasteiger partial charge on any atom is -0.336 e. The van der Waals surface area contributed by atoms with E-state index in [4.69, 9.17) is 0 Å². The van der Waals surface area contributed by atoms with Crippen LogP contribution in [0.3, 0.4) is 0 Å². The third-order valence-corrected chi connectivity index (χ3v) is 4.84.